The number of carbonyl (C=O) groups excluding carboxylic acids is 4. The first-order valence-electron chi connectivity index (χ1n) is 15.9. The number of primary amides is 1. The van der Waals surface area contributed by atoms with E-state index in [1.54, 1.807) is 58.9 Å². The molecule has 1 saturated heterocycles. The van der Waals surface area contributed by atoms with E-state index in [0.29, 0.717) is 16.9 Å². The van der Waals surface area contributed by atoms with Crippen LogP contribution in [0.25, 0.3) is 0 Å². The summed E-state index contributed by atoms with van der Waals surface area (Å²) in [5.41, 5.74) is 6.03. The van der Waals surface area contributed by atoms with Crippen LogP contribution in [0.3, 0.4) is 0 Å². The van der Waals surface area contributed by atoms with Gasteiger partial charge < -0.3 is 30.0 Å². The van der Waals surface area contributed by atoms with Crippen LogP contribution in [0.1, 0.15) is 81.8 Å². The smallest absolute Gasteiger partial charge is 0.542 e. The van der Waals surface area contributed by atoms with Crippen LogP contribution < -0.4 is 66.8 Å². The number of aliphatic hydroxyl groups excluding tert-OH is 1. The standard InChI is InChI=1S/C34H37BFNO5.C2H5NO.CH4O.K/c1-6-37(32(40)42-33(2,3)4)28-20-26(19-27(36)21-28)34(5,23-39)35-17-15-25(16-18-35)30-9-7-8-10-31(30)41-29-13-11-24(22-38)12-14-29;1-2(3)4;1-2;/h7-14,19,21-22,25H,6,15-18H2,1-5H3;1H3,(H2,3,4);2H,1H3;/q-2;;;+1. The molecule has 258 valence electrons. The van der Waals surface area contributed by atoms with Gasteiger partial charge in [0.25, 0.3) is 0 Å². The van der Waals surface area contributed by atoms with E-state index in [-0.39, 0.29) is 82.2 Å². The molecule has 3 aromatic carbocycles. The zero-order chi connectivity index (χ0) is 36.1. The van der Waals surface area contributed by atoms with Crippen molar-refractivity contribution >= 4 is 37.0 Å². The minimum Gasteiger partial charge on any atom is -0.542 e. The molecule has 0 aromatic heterocycles. The molecule has 9 nitrogen and oxygen atoms in total. The van der Waals surface area contributed by atoms with Gasteiger partial charge in [-0.25, -0.2) is 9.18 Å². The van der Waals surface area contributed by atoms with E-state index in [4.69, 9.17) is 14.6 Å². The molecule has 1 unspecified atom stereocenters. The van der Waals surface area contributed by atoms with E-state index in [0.717, 1.165) is 50.2 Å². The number of benzene rings is 3. The largest absolute Gasteiger partial charge is 1.00 e. The van der Waals surface area contributed by atoms with E-state index >= 15 is 0 Å². The molecule has 2 amide bonds. The molecule has 3 aromatic rings. The van der Waals surface area contributed by atoms with Crippen molar-refractivity contribution in [3.05, 3.63) is 89.2 Å². The number of amides is 2. The van der Waals surface area contributed by atoms with Crippen molar-refractivity contribution in [2.24, 2.45) is 5.73 Å². The van der Waals surface area contributed by atoms with Gasteiger partial charge in [-0.3, -0.25) is 15.9 Å². The molecule has 0 bridgehead atoms. The molecule has 3 N–H and O–H groups in total. The summed E-state index contributed by atoms with van der Waals surface area (Å²) in [6, 6.07) is 20.6. The number of aliphatic hydroxyl groups is 1. The minimum atomic E-state index is -1.11. The van der Waals surface area contributed by atoms with Gasteiger partial charge in [-0.1, -0.05) is 56.3 Å². The number of hydrogen-bond acceptors (Lipinski definition) is 7. The fraction of sp³-hybridized carbons (Fsp3) is 0.405. The normalized spacial score (nSPS) is 13.9. The topological polar surface area (TPSA) is 136 Å². The quantitative estimate of drug-likeness (QED) is 0.195. The fourth-order valence-corrected chi connectivity index (χ4v) is 5.65. The maximum atomic E-state index is 14.9. The Morgan fingerprint density at radius 1 is 1.08 bits per heavy atom. The Bertz CT molecular complexity index is 1520. The molecule has 0 spiro atoms. The van der Waals surface area contributed by atoms with Crippen LogP contribution in [0.15, 0.2) is 60.7 Å². The van der Waals surface area contributed by atoms with E-state index in [2.05, 4.69) is 24.2 Å². The predicted octanol–water partition coefficient (Wildman–Crippen LogP) is 4.08. The third kappa shape index (κ3) is 13.1. The Morgan fingerprint density at radius 2 is 1.65 bits per heavy atom. The zero-order valence-corrected chi connectivity index (χ0v) is 33.0. The van der Waals surface area contributed by atoms with Gasteiger partial charge in [0.2, 0.25) is 5.91 Å². The SMILES string of the molecule is CC(N)=O.CCN(C(=O)OC(C)(C)C)c1[c-]c(C(C)([C-]=O)B2CCC(c3ccccc3Oc3ccc(C=O)cc3)CC2)cc(F)c1.CO.[K+]. The summed E-state index contributed by atoms with van der Waals surface area (Å²) in [6.07, 6.45) is 5.49. The van der Waals surface area contributed by atoms with Crippen LogP contribution in [0.5, 0.6) is 11.5 Å². The van der Waals surface area contributed by atoms with E-state index in [1.165, 1.54) is 24.0 Å². The van der Waals surface area contributed by atoms with Crippen LogP contribution in [-0.4, -0.2) is 55.6 Å². The van der Waals surface area contributed by atoms with Crippen molar-refractivity contribution in [2.75, 3.05) is 18.6 Å². The number of rotatable bonds is 9. The summed E-state index contributed by atoms with van der Waals surface area (Å²) in [5, 5.41) is 5.89. The molecule has 1 atom stereocenters. The van der Waals surface area contributed by atoms with E-state index < -0.39 is 22.8 Å². The van der Waals surface area contributed by atoms with Gasteiger partial charge in [-0.15, -0.1) is 17.4 Å². The molecule has 49 heavy (non-hydrogen) atoms. The first kappa shape index (κ1) is 44.2. The molecule has 1 fully saturated rings. The molecule has 1 aliphatic heterocycles. The number of nitrogens with two attached hydrogens (primary N) is 1. The average molecular weight is 700 g/mol. The Balaban J connectivity index is 0.00000160. The van der Waals surface area contributed by atoms with Gasteiger partial charge in [-0.05, 0) is 69.5 Å². The third-order valence-corrected chi connectivity index (χ3v) is 7.96. The molecule has 1 aliphatic rings. The number of aldehydes is 1. The number of anilines is 1. The summed E-state index contributed by atoms with van der Waals surface area (Å²) < 4.78 is 26.6. The summed E-state index contributed by atoms with van der Waals surface area (Å²) in [4.78, 5) is 46.9. The fourth-order valence-electron chi connectivity index (χ4n) is 5.65. The van der Waals surface area contributed by atoms with E-state index in [1.807, 2.05) is 18.2 Å². The predicted molar refractivity (Wildman–Crippen MR) is 186 cm³/mol. The number of hydrogen-bond donors (Lipinski definition) is 2. The van der Waals surface area contributed by atoms with Crippen molar-refractivity contribution in [1.82, 2.24) is 0 Å². The van der Waals surface area contributed by atoms with Crippen molar-refractivity contribution in [1.29, 1.82) is 0 Å². The third-order valence-electron chi connectivity index (χ3n) is 7.96. The van der Waals surface area contributed by atoms with Crippen LogP contribution in [-0.2, 0) is 19.6 Å². The van der Waals surface area contributed by atoms with Crippen LogP contribution in [0, 0.1) is 11.9 Å². The summed E-state index contributed by atoms with van der Waals surface area (Å²) in [6.45, 7) is 10.3. The monoisotopic (exact) mass is 699 g/mol. The Kier molecular flexibility index (Phi) is 18.7. The average Bonchev–Trinajstić information content (AvgIpc) is 3.05. The zero-order valence-electron chi connectivity index (χ0n) is 29.8. The van der Waals surface area contributed by atoms with Gasteiger partial charge in [0.1, 0.15) is 30.1 Å². The Morgan fingerprint density at radius 3 is 2.16 bits per heavy atom. The minimum absolute atomic E-state index is 0. The van der Waals surface area contributed by atoms with Crippen molar-refractivity contribution < 1.29 is 89.5 Å². The molecule has 12 heteroatoms. The Hall–Kier alpha value is -2.87. The molecular weight excluding hydrogens is 653 g/mol. The van der Waals surface area contributed by atoms with Gasteiger partial charge in [-0.2, -0.15) is 11.6 Å². The summed E-state index contributed by atoms with van der Waals surface area (Å²) in [7, 11) is 1.00. The van der Waals surface area contributed by atoms with Crippen LogP contribution >= 0.6 is 0 Å². The van der Waals surface area contributed by atoms with Crippen molar-refractivity contribution in [3.8, 4) is 11.5 Å². The molecule has 0 radical (unpaired) electrons. The maximum Gasteiger partial charge on any atom is 1.00 e. The van der Waals surface area contributed by atoms with Gasteiger partial charge in [0, 0.05) is 32.0 Å². The van der Waals surface area contributed by atoms with Gasteiger partial charge in [0.15, 0.2) is 0 Å². The number of halogens is 1. The molecule has 0 saturated carbocycles. The number of ether oxygens (including phenoxy) is 2. The first-order chi connectivity index (χ1) is 22.7. The molecule has 0 aliphatic carbocycles. The molecule has 1 heterocycles. The first-order valence-corrected chi connectivity index (χ1v) is 15.9. The van der Waals surface area contributed by atoms with Crippen molar-refractivity contribution in [3.63, 3.8) is 0 Å². The number of para-hydroxylation sites is 1. The summed E-state index contributed by atoms with van der Waals surface area (Å²) in [5.74, 6) is 0.741. The van der Waals surface area contributed by atoms with Gasteiger partial charge >= 0.3 is 57.5 Å². The number of nitrogens with zero attached hydrogens (tertiary/aromatic N) is 1. The van der Waals surface area contributed by atoms with Gasteiger partial charge in [0.05, 0.1) is 0 Å². The van der Waals surface area contributed by atoms with Crippen LogP contribution in [0.2, 0.25) is 12.6 Å². The molecular formula is C37H46BFKN2O7-. The summed E-state index contributed by atoms with van der Waals surface area (Å²) >= 11 is 0. The molecule has 4 rings (SSSR count). The number of carbonyl (C=O) groups is 3. The van der Waals surface area contributed by atoms with Crippen molar-refractivity contribution in [2.45, 2.75) is 83.9 Å². The van der Waals surface area contributed by atoms with E-state index in [9.17, 15) is 23.6 Å². The maximum absolute atomic E-state index is 14.9. The second kappa shape index (κ2) is 20.7. The second-order valence-corrected chi connectivity index (χ2v) is 12.6. The Labute approximate surface area is 332 Å². The van der Waals surface area contributed by atoms with Crippen LogP contribution in [0.4, 0.5) is 14.9 Å². The second-order valence-electron chi connectivity index (χ2n) is 12.6.